The van der Waals surface area contributed by atoms with E-state index in [1.54, 1.807) is 0 Å². The molecule has 11 heavy (non-hydrogen) atoms. The summed E-state index contributed by atoms with van der Waals surface area (Å²) in [5.41, 5.74) is 0.875. The van der Waals surface area contributed by atoms with Crippen molar-refractivity contribution in [2.24, 2.45) is 10.8 Å². The van der Waals surface area contributed by atoms with Crippen molar-refractivity contribution in [2.75, 3.05) is 0 Å². The zero-order valence-corrected chi connectivity index (χ0v) is 7.00. The molecule has 0 radical (unpaired) electrons. The fourth-order valence-electron chi connectivity index (χ4n) is 0. The van der Waals surface area contributed by atoms with Crippen LogP contribution in [-0.4, -0.2) is 0 Å². The Morgan fingerprint density at radius 1 is 0.455 bits per heavy atom. The maximum absolute atomic E-state index is 2.27. The van der Waals surface area contributed by atoms with Gasteiger partial charge in [0, 0.05) is 0 Å². The molecular formula is C11H30. The Morgan fingerprint density at radius 3 is 0.545 bits per heavy atom. The van der Waals surface area contributed by atoms with E-state index in [0.29, 0.717) is 10.8 Å². The van der Waals surface area contributed by atoms with Gasteiger partial charge < -0.3 is 0 Å². The summed E-state index contributed by atoms with van der Waals surface area (Å²) in [5.74, 6) is 0. The minimum Gasteiger partial charge on any atom is -0.0776 e. The second-order valence-electron chi connectivity index (χ2n) is 4.50. The van der Waals surface area contributed by atoms with E-state index in [4.69, 9.17) is 0 Å². The lowest BCUT2D eigenvalue weighted by molar-refractivity contribution is 0.157. The number of rotatable bonds is 0. The van der Waals surface area contributed by atoms with Gasteiger partial charge in [-0.15, -0.1) is 0 Å². The maximum Gasteiger partial charge on any atom is -0.0334 e. The maximum atomic E-state index is 2.27. The summed E-state index contributed by atoms with van der Waals surface area (Å²) < 4.78 is 0. The highest BCUT2D eigenvalue weighted by molar-refractivity contribution is 4.76. The van der Waals surface area contributed by atoms with Gasteiger partial charge in [-0.3, -0.25) is 0 Å². The van der Waals surface area contributed by atoms with E-state index in [0.717, 1.165) is 0 Å². The highest BCUT2D eigenvalue weighted by Gasteiger charge is 2.26. The van der Waals surface area contributed by atoms with E-state index < -0.39 is 0 Å². The highest BCUT2D eigenvalue weighted by atomic mass is 14.3. The predicted molar refractivity (Wildman–Crippen MR) is 59.1 cm³/mol. The second-order valence-corrected chi connectivity index (χ2v) is 4.50. The van der Waals surface area contributed by atoms with E-state index in [1.807, 2.05) is 0 Å². The first-order valence-corrected chi connectivity index (χ1v) is 3.25. The average molecular weight is 162 g/mol. The van der Waals surface area contributed by atoms with Gasteiger partial charge in [0.25, 0.3) is 0 Å². The van der Waals surface area contributed by atoms with Crippen LogP contribution < -0.4 is 0 Å². The van der Waals surface area contributed by atoms with Crippen LogP contribution in [0.15, 0.2) is 0 Å². The van der Waals surface area contributed by atoms with Crippen LogP contribution in [0.25, 0.3) is 0 Å². The molecule has 0 amide bonds. The quantitative estimate of drug-likeness (QED) is 0.471. The van der Waals surface area contributed by atoms with Crippen molar-refractivity contribution in [1.29, 1.82) is 0 Å². The molecule has 0 spiro atoms. The molecule has 0 saturated heterocycles. The Kier molecular flexibility index (Phi) is 11.5. The Bertz CT molecular complexity index is 55.0. The van der Waals surface area contributed by atoms with Gasteiger partial charge in [0.05, 0.1) is 0 Å². The van der Waals surface area contributed by atoms with Crippen molar-refractivity contribution in [2.45, 2.75) is 63.8 Å². The summed E-state index contributed by atoms with van der Waals surface area (Å²) in [4.78, 5) is 0. The largest absolute Gasteiger partial charge is 0.0776 e. The molecule has 0 saturated carbocycles. The fourth-order valence-corrected chi connectivity index (χ4v) is 0. The van der Waals surface area contributed by atoms with Crippen LogP contribution in [0.2, 0.25) is 0 Å². The lowest BCUT2D eigenvalue weighted by Gasteiger charge is -2.34. The average Bonchev–Trinajstić information content (AvgIpc) is 1.25. The molecule has 0 heteroatoms. The molecule has 0 aliphatic heterocycles. The Morgan fingerprint density at radius 2 is 0.545 bits per heavy atom. The van der Waals surface area contributed by atoms with Crippen molar-refractivity contribution in [3.05, 3.63) is 0 Å². The molecule has 0 aliphatic carbocycles. The molecule has 0 aromatic carbocycles. The Hall–Kier alpha value is 0. The minimum atomic E-state index is 0. The standard InChI is InChI=1S/C8H18.3CH4/c1-7(2,3)8(4,5)6;;;/h1-6H3;3*1H4. The van der Waals surface area contributed by atoms with Gasteiger partial charge in [-0.2, -0.15) is 0 Å². The van der Waals surface area contributed by atoms with Gasteiger partial charge in [-0.25, -0.2) is 0 Å². The zero-order chi connectivity index (χ0) is 7.00. The molecule has 0 N–H and O–H groups in total. The molecular weight excluding hydrogens is 132 g/mol. The van der Waals surface area contributed by atoms with Gasteiger partial charge in [0.2, 0.25) is 0 Å². The molecule has 0 fully saturated rings. The summed E-state index contributed by atoms with van der Waals surface area (Å²) in [6, 6.07) is 0. The van der Waals surface area contributed by atoms with E-state index in [2.05, 4.69) is 41.5 Å². The van der Waals surface area contributed by atoms with E-state index in [1.165, 1.54) is 0 Å². The van der Waals surface area contributed by atoms with Gasteiger partial charge in [-0.05, 0) is 10.8 Å². The van der Waals surface area contributed by atoms with Crippen LogP contribution in [0, 0.1) is 10.8 Å². The summed E-state index contributed by atoms with van der Waals surface area (Å²) in [6.07, 6.45) is 0. The molecule has 0 atom stereocenters. The monoisotopic (exact) mass is 162 g/mol. The van der Waals surface area contributed by atoms with E-state index in [9.17, 15) is 0 Å². The van der Waals surface area contributed by atoms with E-state index >= 15 is 0 Å². The van der Waals surface area contributed by atoms with Crippen molar-refractivity contribution in [1.82, 2.24) is 0 Å². The summed E-state index contributed by atoms with van der Waals surface area (Å²) in [5, 5.41) is 0. The van der Waals surface area contributed by atoms with Crippen molar-refractivity contribution in [3.8, 4) is 0 Å². The smallest absolute Gasteiger partial charge is 0.0334 e. The third kappa shape index (κ3) is 7.90. The van der Waals surface area contributed by atoms with Crippen LogP contribution in [0.5, 0.6) is 0 Å². The lowest BCUT2D eigenvalue weighted by Crippen LogP contribution is -2.25. The Balaban J connectivity index is -0.0000000817. The van der Waals surface area contributed by atoms with Crippen LogP contribution >= 0.6 is 0 Å². The SMILES string of the molecule is C.C.C.CC(C)(C)C(C)(C)C. The summed E-state index contributed by atoms with van der Waals surface area (Å²) >= 11 is 0. The van der Waals surface area contributed by atoms with E-state index in [-0.39, 0.29) is 22.3 Å². The second kappa shape index (κ2) is 5.62. The first-order valence-electron chi connectivity index (χ1n) is 3.25. The molecule has 0 aliphatic rings. The first kappa shape index (κ1) is 22.4. The fraction of sp³-hybridized carbons (Fsp3) is 1.00. The van der Waals surface area contributed by atoms with Crippen LogP contribution in [0.3, 0.4) is 0 Å². The zero-order valence-electron chi connectivity index (χ0n) is 7.00. The molecule has 0 rings (SSSR count). The molecule has 0 aromatic heterocycles. The first-order chi connectivity index (χ1) is 3.25. The van der Waals surface area contributed by atoms with Crippen LogP contribution in [-0.2, 0) is 0 Å². The molecule has 0 heterocycles. The molecule has 0 nitrogen and oxygen atoms in total. The molecule has 0 aromatic rings. The number of hydrogen-bond acceptors (Lipinski definition) is 0. The van der Waals surface area contributed by atoms with Gasteiger partial charge in [0.1, 0.15) is 0 Å². The normalized spacial score (nSPS) is 10.4. The third-order valence-electron chi connectivity index (χ3n) is 2.25. The van der Waals surface area contributed by atoms with Gasteiger partial charge >= 0.3 is 0 Å². The third-order valence-corrected chi connectivity index (χ3v) is 2.25. The topological polar surface area (TPSA) is 0 Å². The predicted octanol–water partition coefficient (Wildman–Crippen LogP) is 4.99. The van der Waals surface area contributed by atoms with Crippen LogP contribution in [0.4, 0.5) is 0 Å². The summed E-state index contributed by atoms with van der Waals surface area (Å²) in [7, 11) is 0. The highest BCUT2D eigenvalue weighted by Crippen LogP contribution is 2.36. The lowest BCUT2D eigenvalue weighted by atomic mass is 9.71. The van der Waals surface area contributed by atoms with Crippen molar-refractivity contribution in [3.63, 3.8) is 0 Å². The Labute approximate surface area is 75.4 Å². The van der Waals surface area contributed by atoms with Crippen molar-refractivity contribution >= 4 is 0 Å². The minimum absolute atomic E-state index is 0. The molecule has 0 bridgehead atoms. The molecule has 0 unspecified atom stereocenters. The van der Waals surface area contributed by atoms with Crippen LogP contribution in [0.1, 0.15) is 63.8 Å². The van der Waals surface area contributed by atoms with Gasteiger partial charge in [0.15, 0.2) is 0 Å². The molecule has 74 valence electrons. The van der Waals surface area contributed by atoms with Gasteiger partial charge in [-0.1, -0.05) is 63.8 Å². The summed E-state index contributed by atoms with van der Waals surface area (Å²) in [6.45, 7) is 13.6. The number of hydrogen-bond donors (Lipinski definition) is 0. The van der Waals surface area contributed by atoms with Crippen molar-refractivity contribution < 1.29 is 0 Å².